The molecule has 3 nitrogen and oxygen atoms in total. The predicted octanol–water partition coefficient (Wildman–Crippen LogP) is 3.63. The molecule has 0 fully saturated rings. The molecular weight excluding hydrogens is 316 g/mol. The van der Waals surface area contributed by atoms with Crippen LogP contribution in [0.15, 0.2) is 41.0 Å². The summed E-state index contributed by atoms with van der Waals surface area (Å²) < 4.78 is 6.23. The van der Waals surface area contributed by atoms with Crippen LogP contribution in [0.3, 0.4) is 0 Å². The number of aromatic nitrogens is 1. The van der Waals surface area contributed by atoms with E-state index in [2.05, 4.69) is 50.5 Å². The minimum absolute atomic E-state index is 0.445. The molecule has 0 aliphatic heterocycles. The number of hydrogen-bond donors (Lipinski definition) is 1. The van der Waals surface area contributed by atoms with E-state index in [1.54, 1.807) is 7.11 Å². The van der Waals surface area contributed by atoms with Gasteiger partial charge in [0.2, 0.25) is 5.88 Å². The number of methoxy groups -OCH3 is 1. The summed E-state index contributed by atoms with van der Waals surface area (Å²) in [5.41, 5.74) is 4.05. The molecule has 1 unspecified atom stereocenters. The minimum Gasteiger partial charge on any atom is -0.481 e. The highest BCUT2D eigenvalue weighted by Crippen LogP contribution is 2.33. The molecule has 0 spiro atoms. The second-order valence-corrected chi connectivity index (χ2v) is 5.94. The number of halogens is 1. The molecule has 0 saturated heterocycles. The summed E-state index contributed by atoms with van der Waals surface area (Å²) in [7, 11) is 1.63. The van der Waals surface area contributed by atoms with E-state index in [-0.39, 0.29) is 0 Å². The highest BCUT2D eigenvalue weighted by molar-refractivity contribution is 9.10. The Hall–Kier alpha value is -1.39. The van der Waals surface area contributed by atoms with Crippen LogP contribution in [0.4, 0.5) is 0 Å². The number of hydrogen-bond acceptors (Lipinski definition) is 3. The molecule has 0 bridgehead atoms. The van der Waals surface area contributed by atoms with Crippen molar-refractivity contribution < 1.29 is 4.74 Å². The van der Waals surface area contributed by atoms with Gasteiger partial charge in [0.1, 0.15) is 0 Å². The Morgan fingerprint density at radius 2 is 2.25 bits per heavy atom. The molecule has 1 aliphatic rings. The number of benzene rings is 1. The van der Waals surface area contributed by atoms with Crippen LogP contribution >= 0.6 is 15.9 Å². The summed E-state index contributed by atoms with van der Waals surface area (Å²) in [6.07, 6.45) is 4.17. The molecule has 1 aromatic heterocycles. The third-order valence-electron chi connectivity index (χ3n) is 3.74. The van der Waals surface area contributed by atoms with Gasteiger partial charge < -0.3 is 10.1 Å². The average Bonchev–Trinajstić information content (AvgIpc) is 2.88. The van der Waals surface area contributed by atoms with Gasteiger partial charge in [-0.3, -0.25) is 0 Å². The van der Waals surface area contributed by atoms with Crippen LogP contribution < -0.4 is 10.1 Å². The van der Waals surface area contributed by atoms with Crippen molar-refractivity contribution in [3.8, 4) is 5.88 Å². The Bertz CT molecular complexity index is 598. The van der Waals surface area contributed by atoms with E-state index in [9.17, 15) is 0 Å². The zero-order valence-corrected chi connectivity index (χ0v) is 13.0. The number of pyridine rings is 1. The highest BCUT2D eigenvalue weighted by Gasteiger charge is 2.21. The molecule has 1 heterocycles. The van der Waals surface area contributed by atoms with Gasteiger partial charge in [-0.2, -0.15) is 0 Å². The van der Waals surface area contributed by atoms with Crippen molar-refractivity contribution in [3.05, 3.63) is 57.7 Å². The predicted molar refractivity (Wildman–Crippen MR) is 82.8 cm³/mol. The van der Waals surface area contributed by atoms with Gasteiger partial charge >= 0.3 is 0 Å². The molecule has 20 heavy (non-hydrogen) atoms. The molecule has 1 N–H and O–H groups in total. The molecule has 1 aromatic carbocycles. The van der Waals surface area contributed by atoms with Crippen LogP contribution in [-0.2, 0) is 13.0 Å². The molecule has 3 rings (SSSR count). The van der Waals surface area contributed by atoms with E-state index in [0.29, 0.717) is 11.9 Å². The van der Waals surface area contributed by atoms with E-state index in [4.69, 9.17) is 4.74 Å². The number of fused-ring (bicyclic) bond motifs is 1. The van der Waals surface area contributed by atoms with Crippen LogP contribution in [0.25, 0.3) is 0 Å². The van der Waals surface area contributed by atoms with Gasteiger partial charge in [-0.15, -0.1) is 0 Å². The van der Waals surface area contributed by atoms with E-state index in [1.165, 1.54) is 16.7 Å². The van der Waals surface area contributed by atoms with Gasteiger partial charge in [0.05, 0.1) is 7.11 Å². The lowest BCUT2D eigenvalue weighted by molar-refractivity contribution is 0.397. The maximum Gasteiger partial charge on any atom is 0.212 e. The van der Waals surface area contributed by atoms with Gasteiger partial charge in [-0.1, -0.05) is 28.1 Å². The third kappa shape index (κ3) is 2.86. The highest BCUT2D eigenvalue weighted by atomic mass is 79.9. The van der Waals surface area contributed by atoms with Crippen molar-refractivity contribution in [2.75, 3.05) is 7.11 Å². The SMILES string of the molecule is COc1ccc(CNC2CCc3cc(Br)ccc32)cn1. The summed E-state index contributed by atoms with van der Waals surface area (Å²) >= 11 is 3.53. The molecule has 0 amide bonds. The first-order chi connectivity index (χ1) is 9.76. The normalized spacial score (nSPS) is 17.0. The van der Waals surface area contributed by atoms with Crippen LogP contribution in [-0.4, -0.2) is 12.1 Å². The van der Waals surface area contributed by atoms with Gasteiger partial charge in [-0.05, 0) is 41.7 Å². The van der Waals surface area contributed by atoms with Crippen molar-refractivity contribution >= 4 is 15.9 Å². The Balaban J connectivity index is 1.65. The zero-order chi connectivity index (χ0) is 13.9. The lowest BCUT2D eigenvalue weighted by Gasteiger charge is -2.14. The monoisotopic (exact) mass is 332 g/mol. The number of ether oxygens (including phenoxy) is 1. The first-order valence-electron chi connectivity index (χ1n) is 6.77. The second-order valence-electron chi connectivity index (χ2n) is 5.02. The summed E-state index contributed by atoms with van der Waals surface area (Å²) in [5.74, 6) is 0.657. The number of rotatable bonds is 4. The molecule has 0 saturated carbocycles. The largest absolute Gasteiger partial charge is 0.481 e. The Labute approximate surface area is 127 Å². The molecule has 2 aromatic rings. The van der Waals surface area contributed by atoms with E-state index in [1.807, 2.05) is 12.3 Å². The number of aryl methyl sites for hydroxylation is 1. The van der Waals surface area contributed by atoms with E-state index >= 15 is 0 Å². The zero-order valence-electron chi connectivity index (χ0n) is 11.4. The third-order valence-corrected chi connectivity index (χ3v) is 4.24. The summed E-state index contributed by atoms with van der Waals surface area (Å²) in [6, 6.07) is 11.0. The quantitative estimate of drug-likeness (QED) is 0.928. The average molecular weight is 333 g/mol. The molecule has 1 aliphatic carbocycles. The smallest absolute Gasteiger partial charge is 0.212 e. The second kappa shape index (κ2) is 5.94. The van der Waals surface area contributed by atoms with Gasteiger partial charge in [0, 0.05) is 29.3 Å². The molecule has 4 heteroatoms. The van der Waals surface area contributed by atoms with Crippen molar-refractivity contribution in [1.29, 1.82) is 0 Å². The van der Waals surface area contributed by atoms with E-state index < -0.39 is 0 Å². The topological polar surface area (TPSA) is 34.1 Å². The summed E-state index contributed by atoms with van der Waals surface area (Å²) in [4.78, 5) is 4.23. The summed E-state index contributed by atoms with van der Waals surface area (Å²) in [6.45, 7) is 0.831. The van der Waals surface area contributed by atoms with Gasteiger partial charge in [-0.25, -0.2) is 4.98 Å². The number of nitrogens with one attached hydrogen (secondary N) is 1. The maximum absolute atomic E-state index is 5.07. The van der Waals surface area contributed by atoms with E-state index in [0.717, 1.165) is 23.9 Å². The fourth-order valence-electron chi connectivity index (χ4n) is 2.68. The molecule has 104 valence electrons. The minimum atomic E-state index is 0.445. The fraction of sp³-hybridized carbons (Fsp3) is 0.312. The first kappa shape index (κ1) is 13.6. The van der Waals surface area contributed by atoms with Crippen molar-refractivity contribution in [1.82, 2.24) is 10.3 Å². The van der Waals surface area contributed by atoms with Crippen LogP contribution in [0.5, 0.6) is 5.88 Å². The summed E-state index contributed by atoms with van der Waals surface area (Å²) in [5, 5.41) is 3.61. The van der Waals surface area contributed by atoms with Gasteiger partial charge in [0.25, 0.3) is 0 Å². The standard InChI is InChI=1S/C16H17BrN2O/c1-20-16-7-2-11(10-19-16)9-18-15-6-3-12-8-13(17)4-5-14(12)15/h2,4-5,7-8,10,15,18H,3,6,9H2,1H3. The van der Waals surface area contributed by atoms with Crippen molar-refractivity contribution in [2.24, 2.45) is 0 Å². The van der Waals surface area contributed by atoms with Crippen LogP contribution in [0.2, 0.25) is 0 Å². The van der Waals surface area contributed by atoms with Crippen molar-refractivity contribution in [3.63, 3.8) is 0 Å². The van der Waals surface area contributed by atoms with Gasteiger partial charge in [0.15, 0.2) is 0 Å². The van der Waals surface area contributed by atoms with Crippen LogP contribution in [0, 0.1) is 0 Å². The Morgan fingerprint density at radius 3 is 3.00 bits per heavy atom. The lowest BCUT2D eigenvalue weighted by atomic mass is 10.1. The first-order valence-corrected chi connectivity index (χ1v) is 7.56. The number of nitrogens with zero attached hydrogens (tertiary/aromatic N) is 1. The van der Waals surface area contributed by atoms with Crippen molar-refractivity contribution in [2.45, 2.75) is 25.4 Å². The Morgan fingerprint density at radius 1 is 1.35 bits per heavy atom. The maximum atomic E-state index is 5.07. The van der Waals surface area contributed by atoms with Crippen LogP contribution in [0.1, 0.15) is 29.2 Å². The Kier molecular flexibility index (Phi) is 4.03. The lowest BCUT2D eigenvalue weighted by Crippen LogP contribution is -2.18. The molecular formula is C16H17BrN2O. The fourth-order valence-corrected chi connectivity index (χ4v) is 3.08. The molecule has 0 radical (unpaired) electrons. The molecule has 1 atom stereocenters.